The van der Waals surface area contributed by atoms with Gasteiger partial charge in [0, 0.05) is 4.47 Å². The summed E-state index contributed by atoms with van der Waals surface area (Å²) in [5, 5.41) is 2.60. The van der Waals surface area contributed by atoms with Crippen LogP contribution in [0.1, 0.15) is 15.9 Å². The van der Waals surface area contributed by atoms with E-state index in [1.165, 1.54) is 12.1 Å². The molecular formula is C14H12BrFN2O. The fourth-order valence-corrected chi connectivity index (χ4v) is 2.22. The van der Waals surface area contributed by atoms with Crippen LogP contribution in [-0.4, -0.2) is 5.91 Å². The van der Waals surface area contributed by atoms with Crippen LogP contribution in [-0.2, 0) is 0 Å². The summed E-state index contributed by atoms with van der Waals surface area (Å²) in [6, 6.07) is 9.62. The molecule has 0 aliphatic carbocycles. The SMILES string of the molecule is Cc1ccc(NC(=O)c2c(F)cccc2Br)c(N)c1. The average molecular weight is 323 g/mol. The molecule has 19 heavy (non-hydrogen) atoms. The zero-order chi connectivity index (χ0) is 14.0. The highest BCUT2D eigenvalue weighted by atomic mass is 79.9. The van der Waals surface area contributed by atoms with Crippen molar-refractivity contribution in [2.45, 2.75) is 6.92 Å². The lowest BCUT2D eigenvalue weighted by Gasteiger charge is -2.10. The summed E-state index contributed by atoms with van der Waals surface area (Å²) in [4.78, 5) is 12.1. The van der Waals surface area contributed by atoms with Gasteiger partial charge in [-0.3, -0.25) is 4.79 Å². The maximum absolute atomic E-state index is 13.6. The third kappa shape index (κ3) is 2.93. The Morgan fingerprint density at radius 1 is 1.32 bits per heavy atom. The summed E-state index contributed by atoms with van der Waals surface area (Å²) < 4.78 is 14.0. The minimum atomic E-state index is -0.586. The Morgan fingerprint density at radius 3 is 2.68 bits per heavy atom. The number of hydrogen-bond donors (Lipinski definition) is 2. The highest BCUT2D eigenvalue weighted by Crippen LogP contribution is 2.24. The lowest BCUT2D eigenvalue weighted by atomic mass is 10.1. The molecule has 1 amide bonds. The number of carbonyl (C=O) groups excluding carboxylic acids is 1. The largest absolute Gasteiger partial charge is 0.397 e. The zero-order valence-corrected chi connectivity index (χ0v) is 11.8. The van der Waals surface area contributed by atoms with Gasteiger partial charge in [-0.15, -0.1) is 0 Å². The number of rotatable bonds is 2. The van der Waals surface area contributed by atoms with Crippen LogP contribution >= 0.6 is 15.9 Å². The predicted molar refractivity (Wildman–Crippen MR) is 77.6 cm³/mol. The van der Waals surface area contributed by atoms with E-state index in [2.05, 4.69) is 21.2 Å². The van der Waals surface area contributed by atoms with E-state index in [-0.39, 0.29) is 5.56 Å². The molecule has 0 fully saturated rings. The van der Waals surface area contributed by atoms with E-state index in [4.69, 9.17) is 5.73 Å². The van der Waals surface area contributed by atoms with Gasteiger partial charge in [0.1, 0.15) is 5.82 Å². The quantitative estimate of drug-likeness (QED) is 0.828. The molecule has 2 rings (SSSR count). The molecule has 2 aromatic carbocycles. The number of anilines is 2. The highest BCUT2D eigenvalue weighted by Gasteiger charge is 2.16. The molecule has 0 saturated heterocycles. The number of nitrogen functional groups attached to an aromatic ring is 1. The number of amides is 1. The first kappa shape index (κ1) is 13.5. The second kappa shape index (κ2) is 5.40. The first-order valence-corrected chi connectivity index (χ1v) is 6.40. The zero-order valence-electron chi connectivity index (χ0n) is 10.2. The lowest BCUT2D eigenvalue weighted by molar-refractivity contribution is 0.102. The molecule has 0 aromatic heterocycles. The lowest BCUT2D eigenvalue weighted by Crippen LogP contribution is -2.15. The second-order valence-electron chi connectivity index (χ2n) is 4.14. The topological polar surface area (TPSA) is 55.1 Å². The summed E-state index contributed by atoms with van der Waals surface area (Å²) in [6.45, 7) is 1.90. The van der Waals surface area contributed by atoms with Crippen LogP contribution in [0.25, 0.3) is 0 Å². The monoisotopic (exact) mass is 322 g/mol. The van der Waals surface area contributed by atoms with Crippen molar-refractivity contribution in [2.24, 2.45) is 0 Å². The Morgan fingerprint density at radius 2 is 2.05 bits per heavy atom. The van der Waals surface area contributed by atoms with Crippen molar-refractivity contribution >= 4 is 33.2 Å². The molecule has 3 nitrogen and oxygen atoms in total. The Hall–Kier alpha value is -1.88. The van der Waals surface area contributed by atoms with Crippen molar-refractivity contribution < 1.29 is 9.18 Å². The standard InChI is InChI=1S/C14H12BrFN2O/c1-8-5-6-12(11(17)7-8)18-14(19)13-9(15)3-2-4-10(13)16/h2-7H,17H2,1H3,(H,18,19). The Kier molecular flexibility index (Phi) is 3.85. The number of carbonyl (C=O) groups is 1. The second-order valence-corrected chi connectivity index (χ2v) is 5.00. The van der Waals surface area contributed by atoms with Gasteiger partial charge in [-0.05, 0) is 52.7 Å². The minimum absolute atomic E-state index is 0.0394. The van der Waals surface area contributed by atoms with Gasteiger partial charge in [-0.2, -0.15) is 0 Å². The van der Waals surface area contributed by atoms with Gasteiger partial charge >= 0.3 is 0 Å². The molecule has 0 aliphatic heterocycles. The molecule has 0 bridgehead atoms. The molecule has 0 aliphatic rings. The Balaban J connectivity index is 2.31. The van der Waals surface area contributed by atoms with Crippen molar-refractivity contribution in [1.82, 2.24) is 0 Å². The number of halogens is 2. The van der Waals surface area contributed by atoms with Crippen molar-refractivity contribution in [3.8, 4) is 0 Å². The van der Waals surface area contributed by atoms with Crippen LogP contribution in [0.4, 0.5) is 15.8 Å². The number of nitrogens with one attached hydrogen (secondary N) is 1. The van der Waals surface area contributed by atoms with Gasteiger partial charge in [0.25, 0.3) is 5.91 Å². The average Bonchev–Trinajstić information content (AvgIpc) is 2.32. The first-order valence-electron chi connectivity index (χ1n) is 5.60. The van der Waals surface area contributed by atoms with E-state index in [9.17, 15) is 9.18 Å². The molecule has 0 radical (unpaired) electrons. The van der Waals surface area contributed by atoms with Gasteiger partial charge in [0.2, 0.25) is 0 Å². The Bertz CT molecular complexity index is 623. The molecule has 0 saturated carbocycles. The molecule has 0 spiro atoms. The highest BCUT2D eigenvalue weighted by molar-refractivity contribution is 9.10. The summed E-state index contributed by atoms with van der Waals surface area (Å²) in [6.07, 6.45) is 0. The first-order chi connectivity index (χ1) is 8.99. The van der Waals surface area contributed by atoms with E-state index in [1.807, 2.05) is 13.0 Å². The van der Waals surface area contributed by atoms with Crippen LogP contribution < -0.4 is 11.1 Å². The Labute approximate surface area is 118 Å². The van der Waals surface area contributed by atoms with Crippen LogP contribution in [0.15, 0.2) is 40.9 Å². The number of aryl methyl sites for hydroxylation is 1. The molecule has 98 valence electrons. The summed E-state index contributed by atoms with van der Waals surface area (Å²) >= 11 is 3.16. The minimum Gasteiger partial charge on any atom is -0.397 e. The van der Waals surface area contributed by atoms with E-state index in [0.717, 1.165) is 5.56 Å². The number of nitrogens with two attached hydrogens (primary N) is 1. The molecule has 0 atom stereocenters. The van der Waals surface area contributed by atoms with Gasteiger partial charge in [0.15, 0.2) is 0 Å². The number of hydrogen-bond acceptors (Lipinski definition) is 2. The van der Waals surface area contributed by atoms with Gasteiger partial charge in [0.05, 0.1) is 16.9 Å². The molecule has 0 unspecified atom stereocenters. The van der Waals surface area contributed by atoms with Gasteiger partial charge in [-0.25, -0.2) is 4.39 Å². The predicted octanol–water partition coefficient (Wildman–Crippen LogP) is 3.73. The maximum Gasteiger partial charge on any atom is 0.259 e. The van der Waals surface area contributed by atoms with Crippen LogP contribution in [0, 0.1) is 12.7 Å². The van der Waals surface area contributed by atoms with Gasteiger partial charge < -0.3 is 11.1 Å². The molecule has 5 heteroatoms. The van der Waals surface area contributed by atoms with Crippen molar-refractivity contribution in [1.29, 1.82) is 0 Å². The number of benzene rings is 2. The third-order valence-electron chi connectivity index (χ3n) is 2.65. The van der Waals surface area contributed by atoms with Crippen LogP contribution in [0.5, 0.6) is 0 Å². The van der Waals surface area contributed by atoms with Crippen molar-refractivity contribution in [3.63, 3.8) is 0 Å². The van der Waals surface area contributed by atoms with E-state index < -0.39 is 11.7 Å². The van der Waals surface area contributed by atoms with Crippen LogP contribution in [0.3, 0.4) is 0 Å². The summed E-state index contributed by atoms with van der Waals surface area (Å²) in [5.41, 5.74) is 7.66. The van der Waals surface area contributed by atoms with Crippen LogP contribution in [0.2, 0.25) is 0 Å². The smallest absolute Gasteiger partial charge is 0.259 e. The fraction of sp³-hybridized carbons (Fsp3) is 0.0714. The third-order valence-corrected chi connectivity index (χ3v) is 3.31. The van der Waals surface area contributed by atoms with E-state index >= 15 is 0 Å². The van der Waals surface area contributed by atoms with Crippen molar-refractivity contribution in [3.05, 3.63) is 57.8 Å². The molecule has 2 aromatic rings. The summed E-state index contributed by atoms with van der Waals surface area (Å²) in [5.74, 6) is -1.13. The van der Waals surface area contributed by atoms with E-state index in [0.29, 0.717) is 15.8 Å². The maximum atomic E-state index is 13.6. The molecular weight excluding hydrogens is 311 g/mol. The molecule has 0 heterocycles. The summed E-state index contributed by atoms with van der Waals surface area (Å²) in [7, 11) is 0. The normalized spacial score (nSPS) is 10.3. The van der Waals surface area contributed by atoms with E-state index in [1.54, 1.807) is 18.2 Å². The fourth-order valence-electron chi connectivity index (χ4n) is 1.70. The van der Waals surface area contributed by atoms with Crippen molar-refractivity contribution in [2.75, 3.05) is 11.1 Å². The molecule has 3 N–H and O–H groups in total. The van der Waals surface area contributed by atoms with Gasteiger partial charge in [-0.1, -0.05) is 12.1 Å².